The molecular weight excluding hydrogens is 470 g/mol. The first-order chi connectivity index (χ1) is 16.2. The summed E-state index contributed by atoms with van der Waals surface area (Å²) in [4.78, 5) is 36.9. The molecule has 14 nitrogen and oxygen atoms in total. The molecule has 3 rings (SSSR count). The number of rotatable bonds is 8. The van der Waals surface area contributed by atoms with Crippen molar-refractivity contribution in [1.82, 2.24) is 29.5 Å². The largest absolute Gasteiger partial charge is 0.481 e. The number of pyridine rings is 1. The van der Waals surface area contributed by atoms with E-state index in [9.17, 15) is 18.0 Å². The molecule has 0 atom stereocenters. The standard InChI is InChI=1S/C19H21N7O7S/c1-5-33-17(27)12-10-20-26(13-8-6-7-11(2)21-13)16(12)34(29,30)25-19(28)24-18-22-14(31-3)9-15(23-18)32-4/h6-10H,5H2,1-4H3,(H2,22,23,24,25,28). The van der Waals surface area contributed by atoms with Crippen molar-refractivity contribution in [3.05, 3.63) is 41.7 Å². The van der Waals surface area contributed by atoms with Crippen molar-refractivity contribution in [1.29, 1.82) is 0 Å². The second-order valence-corrected chi connectivity index (χ2v) is 8.07. The molecule has 2 N–H and O–H groups in total. The molecule has 15 heteroatoms. The highest BCUT2D eigenvalue weighted by Gasteiger charge is 2.32. The lowest BCUT2D eigenvalue weighted by atomic mass is 10.3. The Kier molecular flexibility index (Phi) is 7.25. The maximum Gasteiger partial charge on any atom is 0.342 e. The summed E-state index contributed by atoms with van der Waals surface area (Å²) in [6.07, 6.45) is 1.02. The lowest BCUT2D eigenvalue weighted by Gasteiger charge is -2.12. The molecule has 180 valence electrons. The van der Waals surface area contributed by atoms with Crippen LogP contribution in [0.2, 0.25) is 0 Å². The summed E-state index contributed by atoms with van der Waals surface area (Å²) in [6.45, 7) is 3.25. The molecule has 0 aliphatic heterocycles. The number of anilines is 1. The number of hydrogen-bond acceptors (Lipinski definition) is 11. The quantitative estimate of drug-likeness (QED) is 0.431. The van der Waals surface area contributed by atoms with E-state index in [0.29, 0.717) is 5.69 Å². The third-order valence-corrected chi connectivity index (χ3v) is 5.47. The monoisotopic (exact) mass is 491 g/mol. The van der Waals surface area contributed by atoms with Crippen LogP contribution in [0.15, 0.2) is 35.5 Å². The third kappa shape index (κ3) is 5.37. The number of nitrogens with one attached hydrogen (secondary N) is 2. The van der Waals surface area contributed by atoms with E-state index in [1.54, 1.807) is 26.0 Å². The van der Waals surface area contributed by atoms with Gasteiger partial charge in [-0.2, -0.15) is 23.5 Å². The van der Waals surface area contributed by atoms with Gasteiger partial charge in [0.2, 0.25) is 17.7 Å². The SMILES string of the molecule is CCOC(=O)c1cnn(-c2cccc(C)n2)c1S(=O)(=O)NC(=O)Nc1nc(OC)cc(OC)n1. The van der Waals surface area contributed by atoms with Crippen LogP contribution in [-0.2, 0) is 14.8 Å². The summed E-state index contributed by atoms with van der Waals surface area (Å²) in [5.41, 5.74) is 0.189. The number of sulfonamides is 1. The molecule has 0 aromatic carbocycles. The summed E-state index contributed by atoms with van der Waals surface area (Å²) in [5.74, 6) is -0.986. The summed E-state index contributed by atoms with van der Waals surface area (Å²) in [7, 11) is -1.99. The van der Waals surface area contributed by atoms with Gasteiger partial charge in [0.05, 0.1) is 33.1 Å². The van der Waals surface area contributed by atoms with Crippen molar-refractivity contribution in [2.24, 2.45) is 0 Å². The molecule has 0 aliphatic rings. The molecule has 0 fully saturated rings. The molecular formula is C19H21N7O7S. The fraction of sp³-hybridized carbons (Fsp3) is 0.263. The van der Waals surface area contributed by atoms with E-state index in [4.69, 9.17) is 14.2 Å². The molecule has 0 saturated heterocycles. The number of amides is 2. The van der Waals surface area contributed by atoms with E-state index in [2.05, 4.69) is 25.4 Å². The van der Waals surface area contributed by atoms with E-state index in [1.807, 2.05) is 4.72 Å². The molecule has 0 aliphatic carbocycles. The van der Waals surface area contributed by atoms with Gasteiger partial charge >= 0.3 is 12.0 Å². The van der Waals surface area contributed by atoms with Gasteiger partial charge in [-0.15, -0.1) is 0 Å². The number of urea groups is 1. The molecule has 0 radical (unpaired) electrons. The van der Waals surface area contributed by atoms with E-state index >= 15 is 0 Å². The normalized spacial score (nSPS) is 10.9. The molecule has 0 spiro atoms. The Balaban J connectivity index is 1.98. The summed E-state index contributed by atoms with van der Waals surface area (Å²) in [5, 5.41) is 5.52. The number of nitrogens with zero attached hydrogens (tertiary/aromatic N) is 5. The lowest BCUT2D eigenvalue weighted by molar-refractivity contribution is 0.0521. The van der Waals surface area contributed by atoms with Gasteiger partial charge in [-0.1, -0.05) is 6.07 Å². The Morgan fingerprint density at radius 2 is 1.76 bits per heavy atom. The van der Waals surface area contributed by atoms with Crippen LogP contribution in [0.4, 0.5) is 10.7 Å². The molecule has 0 bridgehead atoms. The highest BCUT2D eigenvalue weighted by molar-refractivity contribution is 7.90. The maximum absolute atomic E-state index is 13.2. The maximum atomic E-state index is 13.2. The molecule has 3 heterocycles. The summed E-state index contributed by atoms with van der Waals surface area (Å²) in [6, 6.07) is 4.97. The number of carbonyl (C=O) groups is 2. The van der Waals surface area contributed by atoms with Crippen LogP contribution in [0, 0.1) is 6.92 Å². The van der Waals surface area contributed by atoms with Crippen molar-refractivity contribution in [2.75, 3.05) is 26.1 Å². The van der Waals surface area contributed by atoms with Gasteiger partial charge in [0.1, 0.15) is 5.56 Å². The van der Waals surface area contributed by atoms with Crippen LogP contribution < -0.4 is 19.5 Å². The lowest BCUT2D eigenvalue weighted by Crippen LogP contribution is -2.36. The number of ether oxygens (including phenoxy) is 3. The van der Waals surface area contributed by atoms with Gasteiger partial charge in [0, 0.05) is 5.69 Å². The highest BCUT2D eigenvalue weighted by Crippen LogP contribution is 2.21. The number of carbonyl (C=O) groups excluding carboxylic acids is 2. The van der Waals surface area contributed by atoms with Crippen LogP contribution in [0.25, 0.3) is 5.82 Å². The van der Waals surface area contributed by atoms with Gasteiger partial charge in [0.15, 0.2) is 10.8 Å². The fourth-order valence-corrected chi connectivity index (χ4v) is 3.91. The number of hydrogen-bond donors (Lipinski definition) is 2. The Labute approximate surface area is 194 Å². The van der Waals surface area contributed by atoms with E-state index in [1.165, 1.54) is 26.4 Å². The van der Waals surface area contributed by atoms with Crippen LogP contribution in [0.1, 0.15) is 23.0 Å². The Morgan fingerprint density at radius 1 is 1.09 bits per heavy atom. The van der Waals surface area contributed by atoms with Crippen LogP contribution in [-0.4, -0.2) is 66.0 Å². The zero-order valence-electron chi connectivity index (χ0n) is 18.6. The zero-order valence-corrected chi connectivity index (χ0v) is 19.4. The first-order valence-electron chi connectivity index (χ1n) is 9.68. The summed E-state index contributed by atoms with van der Waals surface area (Å²) >= 11 is 0. The van der Waals surface area contributed by atoms with Gasteiger partial charge in [-0.25, -0.2) is 24.0 Å². The van der Waals surface area contributed by atoms with Crippen molar-refractivity contribution >= 4 is 28.0 Å². The predicted octanol–water partition coefficient (Wildman–Crippen LogP) is 1.07. The average molecular weight is 491 g/mol. The third-order valence-electron chi connectivity index (χ3n) is 4.12. The molecule has 3 aromatic heterocycles. The Bertz CT molecular complexity index is 1300. The van der Waals surface area contributed by atoms with Crippen LogP contribution >= 0.6 is 0 Å². The number of methoxy groups -OCH3 is 2. The van der Waals surface area contributed by atoms with Crippen molar-refractivity contribution in [3.8, 4) is 17.6 Å². The molecule has 3 aromatic rings. The zero-order chi connectivity index (χ0) is 24.9. The fourth-order valence-electron chi connectivity index (χ4n) is 2.72. The first-order valence-corrected chi connectivity index (χ1v) is 11.2. The van der Waals surface area contributed by atoms with E-state index in [-0.39, 0.29) is 35.7 Å². The van der Waals surface area contributed by atoms with E-state index in [0.717, 1.165) is 10.9 Å². The topological polar surface area (TPSA) is 177 Å². The number of aryl methyl sites for hydroxylation is 1. The Morgan fingerprint density at radius 3 is 2.35 bits per heavy atom. The minimum absolute atomic E-state index is 0.00484. The van der Waals surface area contributed by atoms with Crippen LogP contribution in [0.5, 0.6) is 11.8 Å². The van der Waals surface area contributed by atoms with Gasteiger partial charge in [-0.3, -0.25) is 5.32 Å². The van der Waals surface area contributed by atoms with Gasteiger partial charge in [0.25, 0.3) is 10.0 Å². The first kappa shape index (κ1) is 24.4. The Hall–Kier alpha value is -4.27. The number of aromatic nitrogens is 5. The number of esters is 1. The minimum Gasteiger partial charge on any atom is -0.481 e. The molecule has 2 amide bonds. The minimum atomic E-state index is -4.67. The summed E-state index contributed by atoms with van der Waals surface area (Å²) < 4.78 is 44.0. The average Bonchev–Trinajstić information content (AvgIpc) is 3.25. The van der Waals surface area contributed by atoms with Crippen molar-refractivity contribution < 1.29 is 32.2 Å². The molecule has 0 saturated carbocycles. The van der Waals surface area contributed by atoms with Crippen molar-refractivity contribution in [2.45, 2.75) is 18.9 Å². The predicted molar refractivity (Wildman–Crippen MR) is 117 cm³/mol. The van der Waals surface area contributed by atoms with E-state index < -0.39 is 27.0 Å². The van der Waals surface area contributed by atoms with Gasteiger partial charge < -0.3 is 14.2 Å². The van der Waals surface area contributed by atoms with Crippen molar-refractivity contribution in [3.63, 3.8) is 0 Å². The second kappa shape index (κ2) is 10.1. The van der Waals surface area contributed by atoms with Gasteiger partial charge in [-0.05, 0) is 26.0 Å². The smallest absolute Gasteiger partial charge is 0.342 e. The molecule has 0 unspecified atom stereocenters. The highest BCUT2D eigenvalue weighted by atomic mass is 32.2. The van der Waals surface area contributed by atoms with Crippen LogP contribution in [0.3, 0.4) is 0 Å². The second-order valence-electron chi connectivity index (χ2n) is 6.47. The molecule has 34 heavy (non-hydrogen) atoms.